The van der Waals surface area contributed by atoms with Gasteiger partial charge in [-0.2, -0.15) is 5.10 Å². The minimum absolute atomic E-state index is 0.0585. The molecule has 130 valence electrons. The summed E-state index contributed by atoms with van der Waals surface area (Å²) in [6.45, 7) is 3.64. The zero-order valence-electron chi connectivity index (χ0n) is 14.1. The van der Waals surface area contributed by atoms with Gasteiger partial charge in [-0.05, 0) is 25.0 Å². The average molecular weight is 361 g/mol. The van der Waals surface area contributed by atoms with E-state index < -0.39 is 11.6 Å². The fourth-order valence-corrected chi connectivity index (χ4v) is 2.94. The summed E-state index contributed by atoms with van der Waals surface area (Å²) < 4.78 is 12.0. The predicted octanol–water partition coefficient (Wildman–Crippen LogP) is 3.41. The van der Waals surface area contributed by atoms with Gasteiger partial charge in [0, 0.05) is 24.1 Å². The molecule has 3 aromatic rings. The van der Waals surface area contributed by atoms with Gasteiger partial charge in [-0.3, -0.25) is 4.68 Å². The average Bonchev–Trinajstić information content (AvgIpc) is 2.83. The van der Waals surface area contributed by atoms with Crippen molar-refractivity contribution in [2.75, 3.05) is 0 Å². The highest BCUT2D eigenvalue weighted by Crippen LogP contribution is 2.22. The van der Waals surface area contributed by atoms with Crippen molar-refractivity contribution in [3.8, 4) is 0 Å². The summed E-state index contributed by atoms with van der Waals surface area (Å²) in [5.74, 6) is -0.581. The molecule has 0 bridgehead atoms. The number of carbonyl (C=O) groups excluding carboxylic acids is 1. The Morgan fingerprint density at radius 2 is 2.12 bits per heavy atom. The van der Waals surface area contributed by atoms with Crippen molar-refractivity contribution >= 4 is 28.5 Å². The molecule has 0 saturated carbocycles. The van der Waals surface area contributed by atoms with Crippen molar-refractivity contribution in [3.05, 3.63) is 62.2 Å². The first kappa shape index (κ1) is 17.2. The Bertz CT molecular complexity index is 1020. The number of benzene rings is 1. The third-order valence-corrected chi connectivity index (χ3v) is 4.45. The smallest absolute Gasteiger partial charge is 0.343 e. The summed E-state index contributed by atoms with van der Waals surface area (Å²) in [5, 5.41) is 5.04. The lowest BCUT2D eigenvalue weighted by Gasteiger charge is -2.08. The monoisotopic (exact) mass is 360 g/mol. The molecule has 6 nitrogen and oxygen atoms in total. The van der Waals surface area contributed by atoms with Crippen molar-refractivity contribution < 1.29 is 13.9 Å². The van der Waals surface area contributed by atoms with Crippen LogP contribution in [-0.4, -0.2) is 15.7 Å². The third-order valence-electron chi connectivity index (χ3n) is 4.02. The standard InChI is InChI=1S/C18H17ClN2O4/c1-4-11-5-6-13-12(8-15(22)25-14(13)7-11)9-24-18(23)16-10(2)20-21(3)17(16)19/h5-8H,4,9H2,1-3H3. The molecule has 7 heteroatoms. The number of hydrogen-bond acceptors (Lipinski definition) is 5. The van der Waals surface area contributed by atoms with Crippen molar-refractivity contribution in [1.29, 1.82) is 0 Å². The molecule has 0 aliphatic carbocycles. The highest BCUT2D eigenvalue weighted by molar-refractivity contribution is 6.32. The number of hydrogen-bond donors (Lipinski definition) is 0. The minimum atomic E-state index is -0.581. The van der Waals surface area contributed by atoms with E-state index in [0.717, 1.165) is 17.4 Å². The molecule has 0 radical (unpaired) electrons. The van der Waals surface area contributed by atoms with Gasteiger partial charge in [-0.15, -0.1) is 0 Å². The van der Waals surface area contributed by atoms with Crippen LogP contribution in [0.5, 0.6) is 0 Å². The second-order valence-electron chi connectivity index (χ2n) is 5.73. The van der Waals surface area contributed by atoms with Crippen LogP contribution in [0.2, 0.25) is 5.15 Å². The Hall–Kier alpha value is -2.60. The Kier molecular flexibility index (Phi) is 4.63. The number of nitrogens with zero attached hydrogens (tertiary/aromatic N) is 2. The van der Waals surface area contributed by atoms with Gasteiger partial charge in [0.05, 0.1) is 5.69 Å². The van der Waals surface area contributed by atoms with Crippen molar-refractivity contribution in [3.63, 3.8) is 0 Å². The van der Waals surface area contributed by atoms with Crippen LogP contribution in [-0.2, 0) is 24.8 Å². The van der Waals surface area contributed by atoms with Crippen LogP contribution in [0.4, 0.5) is 0 Å². The molecule has 0 saturated heterocycles. The first-order valence-electron chi connectivity index (χ1n) is 7.82. The fraction of sp³-hybridized carbons (Fsp3) is 0.278. The van der Waals surface area contributed by atoms with Gasteiger partial charge >= 0.3 is 11.6 Å². The molecule has 0 atom stereocenters. The zero-order valence-corrected chi connectivity index (χ0v) is 14.9. The molecule has 1 aromatic carbocycles. The number of carbonyl (C=O) groups is 1. The maximum absolute atomic E-state index is 12.3. The Labute approximate surface area is 149 Å². The molecule has 25 heavy (non-hydrogen) atoms. The van der Waals surface area contributed by atoms with Crippen LogP contribution in [0, 0.1) is 6.92 Å². The first-order chi connectivity index (χ1) is 11.9. The van der Waals surface area contributed by atoms with Gasteiger partial charge in [-0.1, -0.05) is 30.7 Å². The van der Waals surface area contributed by atoms with Crippen molar-refractivity contribution in [2.24, 2.45) is 7.05 Å². The third kappa shape index (κ3) is 3.30. The van der Waals surface area contributed by atoms with Gasteiger partial charge in [0.2, 0.25) is 0 Å². The van der Waals surface area contributed by atoms with E-state index in [9.17, 15) is 9.59 Å². The SMILES string of the molecule is CCc1ccc2c(COC(=O)c3c(C)nn(C)c3Cl)cc(=O)oc2c1. The summed E-state index contributed by atoms with van der Waals surface area (Å²) in [7, 11) is 1.65. The fourth-order valence-electron chi connectivity index (χ4n) is 2.69. The summed E-state index contributed by atoms with van der Waals surface area (Å²) in [6.07, 6.45) is 0.831. The van der Waals surface area contributed by atoms with E-state index in [-0.39, 0.29) is 17.3 Å². The topological polar surface area (TPSA) is 74.3 Å². The molecule has 0 aliphatic rings. The van der Waals surface area contributed by atoms with Gasteiger partial charge in [0.25, 0.3) is 0 Å². The van der Waals surface area contributed by atoms with E-state index in [1.165, 1.54) is 10.7 Å². The van der Waals surface area contributed by atoms with E-state index in [2.05, 4.69) is 5.10 Å². The molecule has 0 spiro atoms. The minimum Gasteiger partial charge on any atom is -0.457 e. The highest BCUT2D eigenvalue weighted by atomic mass is 35.5. The highest BCUT2D eigenvalue weighted by Gasteiger charge is 2.20. The molecule has 3 rings (SSSR count). The number of esters is 1. The maximum Gasteiger partial charge on any atom is 0.343 e. The van der Waals surface area contributed by atoms with E-state index in [1.54, 1.807) is 14.0 Å². The van der Waals surface area contributed by atoms with Crippen LogP contribution >= 0.6 is 11.6 Å². The van der Waals surface area contributed by atoms with Crippen LogP contribution in [0.15, 0.2) is 33.5 Å². The van der Waals surface area contributed by atoms with Crippen LogP contribution in [0.25, 0.3) is 11.0 Å². The van der Waals surface area contributed by atoms with Crippen LogP contribution in [0.3, 0.4) is 0 Å². The summed E-state index contributed by atoms with van der Waals surface area (Å²) in [6, 6.07) is 6.97. The maximum atomic E-state index is 12.3. The van der Waals surface area contributed by atoms with Crippen LogP contribution in [0.1, 0.15) is 34.1 Å². The van der Waals surface area contributed by atoms with E-state index >= 15 is 0 Å². The molecule has 0 N–H and O–H groups in total. The number of fused-ring (bicyclic) bond motifs is 1. The van der Waals surface area contributed by atoms with Gasteiger partial charge in [0.15, 0.2) is 0 Å². The molecular formula is C18H17ClN2O4. The lowest BCUT2D eigenvalue weighted by Crippen LogP contribution is -2.09. The zero-order chi connectivity index (χ0) is 18.1. The van der Waals surface area contributed by atoms with Crippen molar-refractivity contribution in [1.82, 2.24) is 9.78 Å². The Morgan fingerprint density at radius 1 is 1.36 bits per heavy atom. The number of halogens is 1. The summed E-state index contributed by atoms with van der Waals surface area (Å²) >= 11 is 6.08. The molecule has 0 amide bonds. The molecule has 0 aliphatic heterocycles. The lowest BCUT2D eigenvalue weighted by molar-refractivity contribution is 0.0473. The second kappa shape index (κ2) is 6.72. The number of aromatic nitrogens is 2. The largest absolute Gasteiger partial charge is 0.457 e. The summed E-state index contributed by atoms with van der Waals surface area (Å²) in [5.41, 5.74) is 2.35. The number of rotatable bonds is 4. The van der Waals surface area contributed by atoms with Crippen LogP contribution < -0.4 is 5.63 Å². The molecule has 0 unspecified atom stereocenters. The van der Waals surface area contributed by atoms with Crippen molar-refractivity contribution in [2.45, 2.75) is 26.9 Å². The molecular weight excluding hydrogens is 344 g/mol. The van der Waals surface area contributed by atoms with E-state index in [4.69, 9.17) is 20.8 Å². The lowest BCUT2D eigenvalue weighted by atomic mass is 10.1. The first-order valence-corrected chi connectivity index (χ1v) is 8.20. The molecule has 0 fully saturated rings. The van der Waals surface area contributed by atoms with Gasteiger partial charge in [0.1, 0.15) is 22.9 Å². The second-order valence-corrected chi connectivity index (χ2v) is 6.08. The Balaban J connectivity index is 1.90. The normalized spacial score (nSPS) is 11.0. The van der Waals surface area contributed by atoms with Gasteiger partial charge < -0.3 is 9.15 Å². The summed E-state index contributed by atoms with van der Waals surface area (Å²) in [4.78, 5) is 24.1. The quantitative estimate of drug-likeness (QED) is 0.526. The molecule has 2 aromatic heterocycles. The Morgan fingerprint density at radius 3 is 2.76 bits per heavy atom. The predicted molar refractivity (Wildman–Crippen MR) is 93.9 cm³/mol. The number of aryl methyl sites for hydroxylation is 3. The van der Waals surface area contributed by atoms with Gasteiger partial charge in [-0.25, -0.2) is 9.59 Å². The van der Waals surface area contributed by atoms with E-state index in [1.807, 2.05) is 25.1 Å². The molecule has 2 heterocycles. The van der Waals surface area contributed by atoms with E-state index in [0.29, 0.717) is 16.8 Å². The number of ether oxygens (including phenoxy) is 1.